The smallest absolute Gasteiger partial charge is 0.337 e. The number of nitrogens with zero attached hydrogens (tertiary/aromatic N) is 1. The van der Waals surface area contributed by atoms with Gasteiger partial charge in [-0.3, -0.25) is 0 Å². The van der Waals surface area contributed by atoms with Crippen LogP contribution in [0.3, 0.4) is 0 Å². The number of hydrogen-bond acceptors (Lipinski definition) is 5. The van der Waals surface area contributed by atoms with E-state index >= 15 is 0 Å². The number of esters is 1. The van der Waals surface area contributed by atoms with Crippen molar-refractivity contribution in [2.75, 3.05) is 20.0 Å². The molecule has 2 rings (SSSR count). The number of benzene rings is 1. The van der Waals surface area contributed by atoms with E-state index in [1.165, 1.54) is 7.11 Å². The van der Waals surface area contributed by atoms with Crippen LogP contribution < -0.4 is 10.5 Å². The first-order valence-corrected chi connectivity index (χ1v) is 5.64. The highest BCUT2D eigenvalue weighted by atomic mass is 16.5. The minimum atomic E-state index is -0.385. The van der Waals surface area contributed by atoms with Crippen molar-refractivity contribution in [3.63, 3.8) is 0 Å². The molecular formula is C14H14N2O3. The van der Waals surface area contributed by atoms with Crippen LogP contribution in [0.4, 0.5) is 5.82 Å². The van der Waals surface area contributed by atoms with E-state index in [1.54, 1.807) is 37.6 Å². The van der Waals surface area contributed by atoms with Gasteiger partial charge < -0.3 is 15.2 Å². The Balaban J connectivity index is 2.50. The number of anilines is 1. The van der Waals surface area contributed by atoms with E-state index in [0.29, 0.717) is 17.1 Å². The van der Waals surface area contributed by atoms with Crippen LogP contribution in [-0.4, -0.2) is 25.2 Å². The number of aromatic nitrogens is 1. The summed E-state index contributed by atoms with van der Waals surface area (Å²) >= 11 is 0. The lowest BCUT2D eigenvalue weighted by atomic mass is 10.0. The second-order valence-corrected chi connectivity index (χ2v) is 3.88. The predicted molar refractivity (Wildman–Crippen MR) is 72.0 cm³/mol. The SMILES string of the molecule is COC(=O)c1cccc(-c2cnc(N)cc2OC)c1. The molecule has 19 heavy (non-hydrogen) atoms. The van der Waals surface area contributed by atoms with Crippen LogP contribution in [-0.2, 0) is 4.74 Å². The zero-order valence-corrected chi connectivity index (χ0v) is 10.7. The molecule has 5 nitrogen and oxygen atoms in total. The summed E-state index contributed by atoms with van der Waals surface area (Å²) in [5.41, 5.74) is 7.67. The van der Waals surface area contributed by atoms with Crippen molar-refractivity contribution in [3.8, 4) is 16.9 Å². The maximum atomic E-state index is 11.5. The van der Waals surface area contributed by atoms with Crippen molar-refractivity contribution in [2.24, 2.45) is 0 Å². The fourth-order valence-electron chi connectivity index (χ4n) is 1.77. The highest BCUT2D eigenvalue weighted by Crippen LogP contribution is 2.30. The van der Waals surface area contributed by atoms with Crippen molar-refractivity contribution < 1.29 is 14.3 Å². The summed E-state index contributed by atoms with van der Waals surface area (Å²) in [7, 11) is 2.91. The van der Waals surface area contributed by atoms with E-state index in [1.807, 2.05) is 6.07 Å². The lowest BCUT2D eigenvalue weighted by molar-refractivity contribution is 0.0601. The first-order valence-electron chi connectivity index (χ1n) is 5.64. The summed E-state index contributed by atoms with van der Waals surface area (Å²) < 4.78 is 9.97. The van der Waals surface area contributed by atoms with Gasteiger partial charge in [-0.2, -0.15) is 0 Å². The molecule has 0 amide bonds. The molecule has 0 aliphatic rings. The van der Waals surface area contributed by atoms with Gasteiger partial charge in [0.1, 0.15) is 11.6 Å². The van der Waals surface area contributed by atoms with Crippen molar-refractivity contribution in [1.29, 1.82) is 0 Å². The van der Waals surface area contributed by atoms with Crippen LogP contribution in [0.25, 0.3) is 11.1 Å². The third-order valence-electron chi connectivity index (χ3n) is 2.70. The molecule has 1 heterocycles. The molecule has 0 unspecified atom stereocenters. The van der Waals surface area contributed by atoms with E-state index in [9.17, 15) is 4.79 Å². The number of carbonyl (C=O) groups excluding carboxylic acids is 1. The second kappa shape index (κ2) is 5.39. The van der Waals surface area contributed by atoms with E-state index in [4.69, 9.17) is 15.2 Å². The lowest BCUT2D eigenvalue weighted by Crippen LogP contribution is -2.01. The number of hydrogen-bond donors (Lipinski definition) is 1. The molecule has 0 atom stereocenters. The molecule has 0 aliphatic heterocycles. The summed E-state index contributed by atoms with van der Waals surface area (Å²) in [5.74, 6) is 0.600. The minimum Gasteiger partial charge on any atom is -0.496 e. The largest absolute Gasteiger partial charge is 0.496 e. The van der Waals surface area contributed by atoms with Crippen LogP contribution in [0.5, 0.6) is 5.75 Å². The molecule has 0 aliphatic carbocycles. The Morgan fingerprint density at radius 3 is 2.74 bits per heavy atom. The number of nitrogen functional groups attached to an aromatic ring is 1. The first-order chi connectivity index (χ1) is 9.15. The van der Waals surface area contributed by atoms with Crippen molar-refractivity contribution in [2.45, 2.75) is 0 Å². The molecular weight excluding hydrogens is 244 g/mol. The lowest BCUT2D eigenvalue weighted by Gasteiger charge is -2.09. The van der Waals surface area contributed by atoms with Crippen molar-refractivity contribution in [1.82, 2.24) is 4.98 Å². The average molecular weight is 258 g/mol. The van der Waals surface area contributed by atoms with Crippen LogP contribution in [0, 0.1) is 0 Å². The van der Waals surface area contributed by atoms with Gasteiger partial charge in [0.15, 0.2) is 0 Å². The van der Waals surface area contributed by atoms with Crippen LogP contribution in [0.2, 0.25) is 0 Å². The predicted octanol–water partition coefficient (Wildman–Crippen LogP) is 2.13. The van der Waals surface area contributed by atoms with Crippen molar-refractivity contribution >= 4 is 11.8 Å². The van der Waals surface area contributed by atoms with E-state index < -0.39 is 0 Å². The average Bonchev–Trinajstić information content (AvgIpc) is 2.46. The molecule has 0 spiro atoms. The van der Waals surface area contributed by atoms with Gasteiger partial charge in [0.2, 0.25) is 0 Å². The van der Waals surface area contributed by atoms with Crippen LogP contribution in [0.15, 0.2) is 36.5 Å². The molecule has 0 radical (unpaired) electrons. The normalized spacial score (nSPS) is 10.0. The standard InChI is InChI=1S/C14H14N2O3/c1-18-12-7-13(15)16-8-11(12)9-4-3-5-10(6-9)14(17)19-2/h3-8H,1-2H3,(H2,15,16). The number of methoxy groups -OCH3 is 2. The topological polar surface area (TPSA) is 74.4 Å². The summed E-state index contributed by atoms with van der Waals surface area (Å²) in [6.07, 6.45) is 1.62. The monoisotopic (exact) mass is 258 g/mol. The Kier molecular flexibility index (Phi) is 3.66. The minimum absolute atomic E-state index is 0.379. The highest BCUT2D eigenvalue weighted by Gasteiger charge is 2.10. The van der Waals surface area contributed by atoms with Gasteiger partial charge in [0.25, 0.3) is 0 Å². The molecule has 1 aromatic heterocycles. The van der Waals surface area contributed by atoms with E-state index in [-0.39, 0.29) is 5.97 Å². The highest BCUT2D eigenvalue weighted by molar-refractivity contribution is 5.91. The molecule has 1 aromatic carbocycles. The number of pyridine rings is 1. The number of rotatable bonds is 3. The zero-order valence-electron chi connectivity index (χ0n) is 10.7. The summed E-state index contributed by atoms with van der Waals surface area (Å²) in [6.45, 7) is 0. The number of nitrogens with two attached hydrogens (primary N) is 1. The van der Waals surface area contributed by atoms with E-state index in [0.717, 1.165) is 11.1 Å². The number of ether oxygens (including phenoxy) is 2. The van der Waals surface area contributed by atoms with Crippen molar-refractivity contribution in [3.05, 3.63) is 42.1 Å². The Morgan fingerprint density at radius 1 is 1.26 bits per heavy atom. The van der Waals surface area contributed by atoms with Crippen LogP contribution >= 0.6 is 0 Å². The van der Waals surface area contributed by atoms with E-state index in [2.05, 4.69) is 4.98 Å². The molecule has 2 N–H and O–H groups in total. The van der Waals surface area contributed by atoms with Gasteiger partial charge in [-0.1, -0.05) is 12.1 Å². The van der Waals surface area contributed by atoms with Gasteiger partial charge >= 0.3 is 5.97 Å². The molecule has 0 saturated carbocycles. The molecule has 98 valence electrons. The number of carbonyl (C=O) groups is 1. The third kappa shape index (κ3) is 2.65. The molecule has 0 bridgehead atoms. The third-order valence-corrected chi connectivity index (χ3v) is 2.70. The first kappa shape index (κ1) is 12.9. The van der Waals surface area contributed by atoms with Crippen LogP contribution in [0.1, 0.15) is 10.4 Å². The molecule has 0 saturated heterocycles. The Bertz CT molecular complexity index is 611. The quantitative estimate of drug-likeness (QED) is 0.853. The van der Waals surface area contributed by atoms with Gasteiger partial charge in [-0.05, 0) is 17.7 Å². The Labute approximate surface area is 111 Å². The fraction of sp³-hybridized carbons (Fsp3) is 0.143. The maximum absolute atomic E-state index is 11.5. The maximum Gasteiger partial charge on any atom is 0.337 e. The molecule has 5 heteroatoms. The second-order valence-electron chi connectivity index (χ2n) is 3.88. The summed E-state index contributed by atoms with van der Waals surface area (Å²) in [5, 5.41) is 0. The van der Waals surface area contributed by atoms with Gasteiger partial charge in [-0.25, -0.2) is 9.78 Å². The fourth-order valence-corrected chi connectivity index (χ4v) is 1.77. The molecule has 2 aromatic rings. The summed E-state index contributed by atoms with van der Waals surface area (Å²) in [4.78, 5) is 15.6. The van der Waals surface area contributed by atoms with Gasteiger partial charge in [0.05, 0.1) is 19.8 Å². The van der Waals surface area contributed by atoms with Gasteiger partial charge in [0, 0.05) is 17.8 Å². The Hall–Kier alpha value is -2.56. The Morgan fingerprint density at radius 2 is 2.05 bits per heavy atom. The summed E-state index contributed by atoms with van der Waals surface area (Å²) in [6, 6.07) is 8.69. The van der Waals surface area contributed by atoms with Gasteiger partial charge in [-0.15, -0.1) is 0 Å². The zero-order chi connectivity index (χ0) is 13.8. The molecule has 0 fully saturated rings.